The number of rotatable bonds is 13. The average molecular weight is 575 g/mol. The van der Waals surface area contributed by atoms with Crippen molar-refractivity contribution in [2.24, 2.45) is 0 Å². The maximum atomic E-state index is 12.5. The number of halogens is 1. The summed E-state index contributed by atoms with van der Waals surface area (Å²) in [5.41, 5.74) is 0.756. The lowest BCUT2D eigenvalue weighted by molar-refractivity contribution is -0.137. The fraction of sp³-hybridized carbons (Fsp3) is 0.435. The summed E-state index contributed by atoms with van der Waals surface area (Å²) in [7, 11) is -3.82. The monoisotopic (exact) mass is 574 g/mol. The number of amides is 4. The minimum Gasteiger partial charge on any atom is -0.481 e. The van der Waals surface area contributed by atoms with Crippen molar-refractivity contribution in [1.82, 2.24) is 21.3 Å². The Kier molecular flexibility index (Phi) is 12.7. The molecule has 0 saturated heterocycles. The molecule has 0 fully saturated rings. The number of benzene rings is 1. The Labute approximate surface area is 225 Å². The second kappa shape index (κ2) is 14.9. The third-order valence-corrected chi connectivity index (χ3v) is 6.66. The van der Waals surface area contributed by atoms with Gasteiger partial charge in [-0.05, 0) is 32.4 Å². The third-order valence-electron chi connectivity index (χ3n) is 4.85. The van der Waals surface area contributed by atoms with Gasteiger partial charge in [-0.3, -0.25) is 19.2 Å². The van der Waals surface area contributed by atoms with Crippen molar-refractivity contribution in [1.29, 1.82) is 0 Å². The van der Waals surface area contributed by atoms with Gasteiger partial charge in [0.05, 0.1) is 12.5 Å². The lowest BCUT2D eigenvalue weighted by Crippen LogP contribution is -2.55. The molecule has 1 rings (SSSR count). The molecule has 0 radical (unpaired) electrons. The van der Waals surface area contributed by atoms with Gasteiger partial charge in [0.1, 0.15) is 29.1 Å². The largest absolute Gasteiger partial charge is 0.481 e. The molecule has 38 heavy (non-hydrogen) atoms. The van der Waals surface area contributed by atoms with Gasteiger partial charge in [0, 0.05) is 6.26 Å². The van der Waals surface area contributed by atoms with E-state index in [1.807, 2.05) is 6.07 Å². The van der Waals surface area contributed by atoms with Gasteiger partial charge in [0.2, 0.25) is 17.7 Å². The van der Waals surface area contributed by atoms with Crippen LogP contribution in [0.15, 0.2) is 40.8 Å². The van der Waals surface area contributed by atoms with E-state index in [0.29, 0.717) is 0 Å². The first-order valence-electron chi connectivity index (χ1n) is 11.3. The lowest BCUT2D eigenvalue weighted by atomic mass is 10.2. The summed E-state index contributed by atoms with van der Waals surface area (Å²) in [4.78, 5) is 60.2. The van der Waals surface area contributed by atoms with Gasteiger partial charge in [-0.1, -0.05) is 41.9 Å². The second-order valence-electron chi connectivity index (χ2n) is 8.34. The fourth-order valence-electron chi connectivity index (χ4n) is 2.74. The van der Waals surface area contributed by atoms with Crippen LogP contribution < -0.4 is 21.3 Å². The minimum atomic E-state index is -3.82. The Morgan fingerprint density at radius 2 is 1.37 bits per heavy atom. The van der Waals surface area contributed by atoms with Crippen LogP contribution in [0.3, 0.4) is 0 Å². The number of carbonyl (C=O) groups excluding carboxylic acids is 4. The number of alkyl carbamates (subject to hydrolysis) is 1. The summed E-state index contributed by atoms with van der Waals surface area (Å²) in [6, 6.07) is 4.28. The lowest BCUT2D eigenvalue weighted by Gasteiger charge is -2.21. The van der Waals surface area contributed by atoms with E-state index in [0.717, 1.165) is 17.9 Å². The van der Waals surface area contributed by atoms with Gasteiger partial charge in [-0.2, -0.15) is 0 Å². The van der Waals surface area contributed by atoms with Crippen molar-refractivity contribution >= 4 is 51.2 Å². The van der Waals surface area contributed by atoms with E-state index >= 15 is 0 Å². The second-order valence-corrected chi connectivity index (χ2v) is 11.0. The number of hydrogen-bond acceptors (Lipinski definition) is 8. The van der Waals surface area contributed by atoms with Gasteiger partial charge >= 0.3 is 12.1 Å². The molecule has 1 aromatic carbocycles. The molecule has 0 aliphatic carbocycles. The first-order valence-corrected chi connectivity index (χ1v) is 13.5. The van der Waals surface area contributed by atoms with Gasteiger partial charge in [0.15, 0.2) is 9.84 Å². The van der Waals surface area contributed by atoms with E-state index in [1.54, 1.807) is 24.3 Å². The average Bonchev–Trinajstić information content (AvgIpc) is 2.81. The SMILES string of the molecule is CC(NC(=O)OCc1ccccc1)C(=O)NC(C)C(=O)NC(C)C(=O)NC(C=C(Cl)S(C)(=O)=O)CC(=O)O. The van der Waals surface area contributed by atoms with Gasteiger partial charge in [-0.15, -0.1) is 0 Å². The number of ether oxygens (including phenoxy) is 1. The molecule has 5 N–H and O–H groups in total. The summed E-state index contributed by atoms with van der Waals surface area (Å²) in [6.45, 7) is 4.04. The van der Waals surface area contributed by atoms with Crippen LogP contribution in [-0.4, -0.2) is 73.7 Å². The van der Waals surface area contributed by atoms with Crippen molar-refractivity contribution in [3.05, 3.63) is 46.3 Å². The predicted octanol–water partition coefficient (Wildman–Crippen LogP) is 0.395. The van der Waals surface area contributed by atoms with Crippen molar-refractivity contribution in [2.75, 3.05) is 6.26 Å². The van der Waals surface area contributed by atoms with Crippen LogP contribution >= 0.6 is 11.6 Å². The van der Waals surface area contributed by atoms with Gasteiger partial charge < -0.3 is 31.1 Å². The highest BCUT2D eigenvalue weighted by molar-refractivity contribution is 7.96. The number of nitrogens with one attached hydrogen (secondary N) is 4. The number of hydrogen-bond donors (Lipinski definition) is 5. The van der Waals surface area contributed by atoms with Crippen molar-refractivity contribution < 1.29 is 42.2 Å². The molecule has 0 spiro atoms. The van der Waals surface area contributed by atoms with Crippen molar-refractivity contribution in [3.8, 4) is 0 Å². The number of sulfone groups is 1. The first-order chi connectivity index (χ1) is 17.6. The number of carboxylic acid groups (broad SMARTS) is 1. The molecular formula is C23H31ClN4O9S. The highest BCUT2D eigenvalue weighted by atomic mass is 35.5. The highest BCUT2D eigenvalue weighted by Gasteiger charge is 2.25. The Morgan fingerprint density at radius 1 is 0.895 bits per heavy atom. The molecule has 210 valence electrons. The van der Waals surface area contributed by atoms with Crippen LogP contribution in [-0.2, 0) is 40.4 Å². The topological polar surface area (TPSA) is 197 Å². The van der Waals surface area contributed by atoms with Crippen LogP contribution in [0.25, 0.3) is 0 Å². The Hall–Kier alpha value is -3.65. The van der Waals surface area contributed by atoms with Crippen LogP contribution in [0.4, 0.5) is 4.79 Å². The van der Waals surface area contributed by atoms with Crippen LogP contribution in [0.5, 0.6) is 0 Å². The zero-order valence-corrected chi connectivity index (χ0v) is 22.8. The Morgan fingerprint density at radius 3 is 1.84 bits per heavy atom. The normalized spacial score (nSPS) is 14.7. The van der Waals surface area contributed by atoms with E-state index in [9.17, 15) is 32.4 Å². The first kappa shape index (κ1) is 32.4. The molecule has 0 saturated carbocycles. The Bertz CT molecular complexity index is 1160. The van der Waals surface area contributed by atoms with Gasteiger partial charge in [0.25, 0.3) is 0 Å². The molecule has 0 heterocycles. The molecule has 4 unspecified atom stereocenters. The molecular weight excluding hydrogens is 544 g/mol. The molecule has 0 aliphatic rings. The van der Waals surface area contributed by atoms with Crippen LogP contribution in [0.1, 0.15) is 32.8 Å². The minimum absolute atomic E-state index is 0.00332. The summed E-state index contributed by atoms with van der Waals surface area (Å²) < 4.78 is 27.4. The zero-order chi connectivity index (χ0) is 29.0. The highest BCUT2D eigenvalue weighted by Crippen LogP contribution is 2.12. The number of carbonyl (C=O) groups is 5. The van der Waals surface area contributed by atoms with E-state index in [2.05, 4.69) is 21.3 Å². The maximum absolute atomic E-state index is 12.5. The number of carboxylic acids is 1. The molecule has 15 heteroatoms. The molecule has 0 aliphatic heterocycles. The quantitative estimate of drug-likeness (QED) is 0.221. The summed E-state index contributed by atoms with van der Waals surface area (Å²) in [5.74, 6) is -3.60. The number of aliphatic carboxylic acids is 1. The summed E-state index contributed by atoms with van der Waals surface area (Å²) >= 11 is 5.66. The molecule has 4 amide bonds. The van der Waals surface area contributed by atoms with Crippen LogP contribution in [0, 0.1) is 0 Å². The summed E-state index contributed by atoms with van der Waals surface area (Å²) in [5, 5.41) is 18.4. The van der Waals surface area contributed by atoms with Crippen molar-refractivity contribution in [2.45, 2.75) is 58.0 Å². The molecule has 13 nitrogen and oxygen atoms in total. The Balaban J connectivity index is 2.61. The molecule has 4 atom stereocenters. The molecule has 0 aromatic heterocycles. The van der Waals surface area contributed by atoms with Crippen molar-refractivity contribution in [3.63, 3.8) is 0 Å². The molecule has 1 aromatic rings. The van der Waals surface area contributed by atoms with E-state index in [1.165, 1.54) is 20.8 Å². The van der Waals surface area contributed by atoms with Gasteiger partial charge in [-0.25, -0.2) is 13.2 Å². The third kappa shape index (κ3) is 12.1. The van der Waals surface area contributed by atoms with Crippen LogP contribution in [0.2, 0.25) is 0 Å². The van der Waals surface area contributed by atoms with E-state index in [-0.39, 0.29) is 6.61 Å². The predicted molar refractivity (Wildman–Crippen MR) is 137 cm³/mol. The van der Waals surface area contributed by atoms with E-state index in [4.69, 9.17) is 21.4 Å². The van der Waals surface area contributed by atoms with E-state index < -0.39 is 74.6 Å². The molecule has 0 bridgehead atoms. The summed E-state index contributed by atoms with van der Waals surface area (Å²) in [6.07, 6.45) is 0.191. The fourth-order valence-corrected chi connectivity index (χ4v) is 3.31. The zero-order valence-electron chi connectivity index (χ0n) is 21.2. The smallest absolute Gasteiger partial charge is 0.408 e. The standard InChI is InChI=1S/C23H31ClN4O9S/c1-13(25-21(32)15(3)27-23(34)37-12-16-8-6-5-7-9-16)20(31)26-14(2)22(33)28-17(11-19(29)30)10-18(24)38(4,35)36/h5-10,13-15,17H,11-12H2,1-4H3,(H,25,32)(H,26,31)(H,27,34)(H,28,33)(H,29,30). The maximum Gasteiger partial charge on any atom is 0.408 e.